The van der Waals surface area contributed by atoms with Gasteiger partial charge in [-0.3, -0.25) is 10.1 Å². The number of hydrogen-bond donors (Lipinski definition) is 3. The van der Waals surface area contributed by atoms with Crippen molar-refractivity contribution in [2.24, 2.45) is 0 Å². The van der Waals surface area contributed by atoms with Crippen LogP contribution in [0, 0.1) is 0 Å². The highest BCUT2D eigenvalue weighted by atomic mass is 15.3. The molecule has 4 aromatic heterocycles. The van der Waals surface area contributed by atoms with Crippen molar-refractivity contribution in [1.29, 1.82) is 0 Å². The first-order chi connectivity index (χ1) is 13.1. The smallest absolute Gasteiger partial charge is 0.239 e. The molecule has 0 aliphatic carbocycles. The highest BCUT2D eigenvalue weighted by Crippen LogP contribution is 2.25. The molecule has 10 nitrogen and oxygen atoms in total. The number of rotatable bonds is 6. The predicted octanol–water partition coefficient (Wildman–Crippen LogP) is 1.82. The van der Waals surface area contributed by atoms with Crippen LogP contribution in [0.2, 0.25) is 0 Å². The lowest BCUT2D eigenvalue weighted by Crippen LogP contribution is -2.10. The van der Waals surface area contributed by atoms with E-state index in [1.165, 1.54) is 0 Å². The standard InChI is InChI=1S/C17H20N10/c1-10(2)27-9-21-13-15(20-7-5-12-22-17(18)26-25-12)23-14(24-16(13)27)11-4-3-6-19-8-11/h3-4,6,8-10H,5,7H2,1-2H3,(H,20,23,24)(H3,18,22,25,26). The van der Waals surface area contributed by atoms with Gasteiger partial charge in [-0.25, -0.2) is 15.0 Å². The molecule has 0 aromatic carbocycles. The number of aromatic amines is 1. The monoisotopic (exact) mass is 364 g/mol. The van der Waals surface area contributed by atoms with Crippen LogP contribution in [0.15, 0.2) is 30.9 Å². The molecule has 0 aliphatic rings. The summed E-state index contributed by atoms with van der Waals surface area (Å²) in [4.78, 5) is 22.2. The number of anilines is 2. The number of hydrogen-bond acceptors (Lipinski definition) is 8. The van der Waals surface area contributed by atoms with Crippen LogP contribution in [0.3, 0.4) is 0 Å². The van der Waals surface area contributed by atoms with Gasteiger partial charge in [0, 0.05) is 37.0 Å². The first-order valence-electron chi connectivity index (χ1n) is 8.67. The van der Waals surface area contributed by atoms with E-state index >= 15 is 0 Å². The summed E-state index contributed by atoms with van der Waals surface area (Å²) in [7, 11) is 0. The average molecular weight is 364 g/mol. The van der Waals surface area contributed by atoms with Gasteiger partial charge in [-0.2, -0.15) is 4.98 Å². The van der Waals surface area contributed by atoms with Gasteiger partial charge in [0.25, 0.3) is 0 Å². The number of nitrogen functional groups attached to an aromatic ring is 1. The zero-order chi connectivity index (χ0) is 18.8. The van der Waals surface area contributed by atoms with Gasteiger partial charge in [0.05, 0.1) is 6.33 Å². The van der Waals surface area contributed by atoms with E-state index in [0.717, 1.165) is 16.7 Å². The molecule has 138 valence electrons. The number of imidazole rings is 1. The van der Waals surface area contributed by atoms with Gasteiger partial charge in [0.15, 0.2) is 17.3 Å². The van der Waals surface area contributed by atoms with E-state index < -0.39 is 0 Å². The Morgan fingerprint density at radius 1 is 1.26 bits per heavy atom. The van der Waals surface area contributed by atoms with Crippen molar-refractivity contribution < 1.29 is 0 Å². The van der Waals surface area contributed by atoms with Crippen molar-refractivity contribution in [1.82, 2.24) is 39.7 Å². The maximum Gasteiger partial charge on any atom is 0.239 e. The van der Waals surface area contributed by atoms with Crippen LogP contribution in [0.4, 0.5) is 11.8 Å². The summed E-state index contributed by atoms with van der Waals surface area (Å²) in [6.45, 7) is 4.78. The van der Waals surface area contributed by atoms with Crippen molar-refractivity contribution in [2.45, 2.75) is 26.3 Å². The van der Waals surface area contributed by atoms with Crippen LogP contribution in [-0.4, -0.2) is 46.2 Å². The van der Waals surface area contributed by atoms with Crippen LogP contribution in [0.5, 0.6) is 0 Å². The summed E-state index contributed by atoms with van der Waals surface area (Å²) >= 11 is 0. The largest absolute Gasteiger partial charge is 0.368 e. The van der Waals surface area contributed by atoms with Gasteiger partial charge >= 0.3 is 0 Å². The number of fused-ring (bicyclic) bond motifs is 1. The lowest BCUT2D eigenvalue weighted by atomic mass is 10.2. The molecule has 10 heteroatoms. The fourth-order valence-electron chi connectivity index (χ4n) is 2.76. The van der Waals surface area contributed by atoms with Crippen molar-refractivity contribution >= 4 is 22.9 Å². The van der Waals surface area contributed by atoms with Crippen LogP contribution < -0.4 is 11.1 Å². The number of H-pyrrole nitrogens is 1. The topological polar surface area (TPSA) is 136 Å². The van der Waals surface area contributed by atoms with Crippen molar-refractivity contribution in [3.63, 3.8) is 0 Å². The van der Waals surface area contributed by atoms with Crippen LogP contribution in [-0.2, 0) is 6.42 Å². The Morgan fingerprint density at radius 3 is 2.85 bits per heavy atom. The fourth-order valence-corrected chi connectivity index (χ4v) is 2.76. The molecule has 0 unspecified atom stereocenters. The first-order valence-corrected chi connectivity index (χ1v) is 8.67. The minimum atomic E-state index is 0.233. The maximum absolute atomic E-state index is 5.54. The van der Waals surface area contributed by atoms with E-state index in [0.29, 0.717) is 30.4 Å². The third-order valence-corrected chi connectivity index (χ3v) is 4.10. The molecule has 4 N–H and O–H groups in total. The van der Waals surface area contributed by atoms with E-state index in [1.807, 2.05) is 16.7 Å². The third-order valence-electron chi connectivity index (χ3n) is 4.10. The fraction of sp³-hybridized carbons (Fsp3) is 0.294. The summed E-state index contributed by atoms with van der Waals surface area (Å²) < 4.78 is 2.03. The summed E-state index contributed by atoms with van der Waals surface area (Å²) in [5.41, 5.74) is 7.90. The first kappa shape index (κ1) is 16.9. The van der Waals surface area contributed by atoms with Crippen molar-refractivity contribution in [3.05, 3.63) is 36.7 Å². The SMILES string of the molecule is CC(C)n1cnc2c(NCCc3nc(N)n[nH]3)nc(-c3cccnc3)nc21. The van der Waals surface area contributed by atoms with Gasteiger partial charge in [-0.1, -0.05) is 0 Å². The molecule has 0 saturated heterocycles. The number of pyridine rings is 1. The lowest BCUT2D eigenvalue weighted by molar-refractivity contribution is 0.613. The summed E-state index contributed by atoms with van der Waals surface area (Å²) in [5, 5.41) is 9.96. The van der Waals surface area contributed by atoms with Gasteiger partial charge in [0.2, 0.25) is 5.95 Å². The summed E-state index contributed by atoms with van der Waals surface area (Å²) in [6, 6.07) is 4.03. The lowest BCUT2D eigenvalue weighted by Gasteiger charge is -2.11. The molecule has 4 rings (SSSR count). The van der Waals surface area contributed by atoms with E-state index in [9.17, 15) is 0 Å². The van der Waals surface area contributed by atoms with Crippen LogP contribution in [0.1, 0.15) is 25.7 Å². The molecule has 4 aromatic rings. The number of nitrogens with two attached hydrogens (primary N) is 1. The zero-order valence-corrected chi connectivity index (χ0v) is 15.1. The molecule has 0 aliphatic heterocycles. The molecule has 0 bridgehead atoms. The molecule has 0 radical (unpaired) electrons. The second kappa shape index (κ2) is 6.98. The summed E-state index contributed by atoms with van der Waals surface area (Å²) in [5.74, 6) is 2.23. The quantitative estimate of drug-likeness (QED) is 0.471. The Bertz CT molecular complexity index is 1050. The van der Waals surface area contributed by atoms with Gasteiger partial charge in [-0.15, -0.1) is 5.10 Å². The Morgan fingerprint density at radius 2 is 2.15 bits per heavy atom. The predicted molar refractivity (Wildman–Crippen MR) is 102 cm³/mol. The highest BCUT2D eigenvalue weighted by molar-refractivity contribution is 5.85. The Labute approximate surface area is 155 Å². The number of aromatic nitrogens is 8. The molecule has 0 amide bonds. The van der Waals surface area contributed by atoms with Crippen molar-refractivity contribution in [2.75, 3.05) is 17.6 Å². The average Bonchev–Trinajstić information content (AvgIpc) is 3.28. The molecular formula is C17H20N10. The van der Waals surface area contributed by atoms with E-state index in [1.54, 1.807) is 18.7 Å². The molecule has 0 spiro atoms. The van der Waals surface area contributed by atoms with Gasteiger partial charge in [0.1, 0.15) is 11.3 Å². The molecule has 0 atom stereocenters. The van der Waals surface area contributed by atoms with E-state index in [-0.39, 0.29) is 12.0 Å². The summed E-state index contributed by atoms with van der Waals surface area (Å²) in [6.07, 6.45) is 5.89. The highest BCUT2D eigenvalue weighted by Gasteiger charge is 2.16. The second-order valence-electron chi connectivity index (χ2n) is 6.37. The second-order valence-corrected chi connectivity index (χ2v) is 6.37. The Hall–Kier alpha value is -3.56. The van der Waals surface area contributed by atoms with Gasteiger partial charge < -0.3 is 15.6 Å². The van der Waals surface area contributed by atoms with Gasteiger partial charge in [-0.05, 0) is 26.0 Å². The third kappa shape index (κ3) is 3.41. The molecule has 27 heavy (non-hydrogen) atoms. The molecule has 0 fully saturated rings. The van der Waals surface area contributed by atoms with E-state index in [2.05, 4.69) is 49.3 Å². The molecule has 4 heterocycles. The Kier molecular flexibility index (Phi) is 4.37. The number of nitrogens with zero attached hydrogens (tertiary/aromatic N) is 7. The van der Waals surface area contributed by atoms with Crippen molar-refractivity contribution in [3.8, 4) is 11.4 Å². The minimum absolute atomic E-state index is 0.233. The molecule has 0 saturated carbocycles. The normalized spacial score (nSPS) is 11.4. The minimum Gasteiger partial charge on any atom is -0.368 e. The molecular weight excluding hydrogens is 344 g/mol. The number of nitrogens with one attached hydrogen (secondary N) is 2. The maximum atomic E-state index is 5.54. The zero-order valence-electron chi connectivity index (χ0n) is 15.1. The van der Waals surface area contributed by atoms with Crippen LogP contribution >= 0.6 is 0 Å². The van der Waals surface area contributed by atoms with E-state index in [4.69, 9.17) is 10.7 Å². The Balaban J connectivity index is 1.69. The van der Waals surface area contributed by atoms with Crippen LogP contribution in [0.25, 0.3) is 22.6 Å².